The van der Waals surface area contributed by atoms with Gasteiger partial charge in [-0.15, -0.1) is 5.12 Å². The fourth-order valence-corrected chi connectivity index (χ4v) is 0.359. The normalized spacial score (nSPS) is 7.69. The molecule has 10 heteroatoms. The number of amides is 6. The van der Waals surface area contributed by atoms with Gasteiger partial charge in [-0.3, -0.25) is 0 Å². The van der Waals surface area contributed by atoms with E-state index in [-0.39, 0.29) is 24.0 Å². The second-order valence-corrected chi connectivity index (χ2v) is 1.63. The third-order valence-electron chi connectivity index (χ3n) is 0.664. The Balaban J connectivity index is 0. The van der Waals surface area contributed by atoms with Gasteiger partial charge in [0.05, 0.1) is 0 Å². The van der Waals surface area contributed by atoms with E-state index < -0.39 is 18.1 Å². The maximum atomic E-state index is 10.4. The molecule has 0 radical (unpaired) electrons. The van der Waals surface area contributed by atoms with Crippen LogP contribution in [-0.4, -0.2) is 42.1 Å². The van der Waals surface area contributed by atoms with Gasteiger partial charge >= 0.3 is 37.0 Å². The van der Waals surface area contributed by atoms with E-state index in [1.54, 1.807) is 10.9 Å². The minimum absolute atomic E-state index is 0. The second kappa shape index (κ2) is 5.98. The van der Waals surface area contributed by atoms with Gasteiger partial charge < -0.3 is 17.2 Å². The Bertz CT molecular complexity index is 203. The Hall–Kier alpha value is -1.59. The van der Waals surface area contributed by atoms with Crippen LogP contribution < -0.4 is 28.1 Å². The quantitative estimate of drug-likeness (QED) is 0.199. The van der Waals surface area contributed by atoms with Gasteiger partial charge in [-0.2, -0.15) is 0 Å². The number of hydrogen-bond donors (Lipinski definition) is 5. The molecule has 0 saturated carbocycles. The first kappa shape index (κ1) is 14.0. The molecule has 0 saturated heterocycles. The predicted octanol–water partition coefficient (Wildman–Crippen LogP) is -3.11. The van der Waals surface area contributed by atoms with Gasteiger partial charge in [-0.1, -0.05) is 0 Å². The third kappa shape index (κ3) is 6.79. The summed E-state index contributed by atoms with van der Waals surface area (Å²) in [6.07, 6.45) is 0. The summed E-state index contributed by atoms with van der Waals surface area (Å²) in [4.78, 5) is 30.7. The van der Waals surface area contributed by atoms with Crippen LogP contribution in [0.2, 0.25) is 0 Å². The van der Waals surface area contributed by atoms with Gasteiger partial charge in [0.2, 0.25) is 0 Å². The molecule has 0 aromatic rings. The Morgan fingerprint density at radius 2 is 1.23 bits per heavy atom. The molecule has 0 spiro atoms. The molecule has 8 N–H and O–H groups in total. The van der Waals surface area contributed by atoms with Crippen LogP contribution in [0.15, 0.2) is 0 Å². The fraction of sp³-hybridized carbons (Fsp3) is 0. The summed E-state index contributed by atoms with van der Waals surface area (Å²) in [7, 11) is 0. The summed E-state index contributed by atoms with van der Waals surface area (Å²) in [6.45, 7) is 0. The topological polar surface area (TPSA) is 157 Å². The number of nitrogens with one attached hydrogen (secondary N) is 2. The van der Waals surface area contributed by atoms with Crippen molar-refractivity contribution in [1.82, 2.24) is 16.0 Å². The summed E-state index contributed by atoms with van der Waals surface area (Å²) in [5.74, 6) is 0. The van der Waals surface area contributed by atoms with Gasteiger partial charge in [0.25, 0.3) is 0 Å². The van der Waals surface area contributed by atoms with Crippen molar-refractivity contribution >= 4 is 37.0 Å². The van der Waals surface area contributed by atoms with Gasteiger partial charge in [-0.05, 0) is 0 Å². The summed E-state index contributed by atoms with van der Waals surface area (Å²) < 4.78 is 0. The molecule has 0 aliphatic rings. The molecule has 70 valence electrons. The number of nitrogens with zero attached hydrogens (tertiary/aromatic N) is 1. The van der Waals surface area contributed by atoms with E-state index in [9.17, 15) is 14.4 Å². The molecule has 9 nitrogen and oxygen atoms in total. The van der Waals surface area contributed by atoms with Crippen LogP contribution in [-0.2, 0) is 0 Å². The molecule has 0 rings (SSSR count). The zero-order chi connectivity index (χ0) is 9.72. The van der Waals surface area contributed by atoms with E-state index >= 15 is 0 Å². The van der Waals surface area contributed by atoms with Gasteiger partial charge in [0, 0.05) is 0 Å². The maximum absolute atomic E-state index is 10.4. The van der Waals surface area contributed by atoms with Crippen molar-refractivity contribution in [1.29, 1.82) is 0 Å². The molecule has 0 aliphatic heterocycles. The number of hydrazine groups is 2. The minimum atomic E-state index is -1.13. The Morgan fingerprint density at radius 3 is 1.38 bits per heavy atom. The van der Waals surface area contributed by atoms with E-state index in [0.29, 0.717) is 0 Å². The number of urea groups is 3. The summed E-state index contributed by atoms with van der Waals surface area (Å²) in [6, 6.07) is -3.27. The van der Waals surface area contributed by atoms with Crippen molar-refractivity contribution in [2.75, 3.05) is 0 Å². The first-order valence-corrected chi connectivity index (χ1v) is 2.65. The summed E-state index contributed by atoms with van der Waals surface area (Å²) in [5.41, 5.74) is 17.3. The third-order valence-corrected chi connectivity index (χ3v) is 0.664. The van der Waals surface area contributed by atoms with Crippen molar-refractivity contribution in [3.05, 3.63) is 0 Å². The van der Waals surface area contributed by atoms with Crippen molar-refractivity contribution < 1.29 is 14.4 Å². The molecule has 13 heavy (non-hydrogen) atoms. The molecule has 0 aliphatic carbocycles. The predicted molar refractivity (Wildman–Crippen MR) is 44.0 cm³/mol. The zero-order valence-corrected chi connectivity index (χ0v) is 5.90. The molecule has 0 fully saturated rings. The molecule has 0 atom stereocenters. The fourth-order valence-electron chi connectivity index (χ4n) is 0.359. The van der Waals surface area contributed by atoms with Gasteiger partial charge in [0.1, 0.15) is 0 Å². The summed E-state index contributed by atoms with van der Waals surface area (Å²) in [5, 5.41) is 0.255. The van der Waals surface area contributed by atoms with Gasteiger partial charge in [-0.25, -0.2) is 25.2 Å². The van der Waals surface area contributed by atoms with E-state index in [1.165, 1.54) is 0 Å². The van der Waals surface area contributed by atoms with Crippen LogP contribution in [0.3, 0.4) is 0 Å². The van der Waals surface area contributed by atoms with E-state index in [0.717, 1.165) is 0 Å². The van der Waals surface area contributed by atoms with Crippen molar-refractivity contribution in [2.24, 2.45) is 17.2 Å². The molecule has 6 amide bonds. The summed E-state index contributed by atoms with van der Waals surface area (Å²) >= 11 is 0. The van der Waals surface area contributed by atoms with Crippen LogP contribution in [0.1, 0.15) is 0 Å². The molecule has 0 aromatic heterocycles. The zero-order valence-electron chi connectivity index (χ0n) is 5.90. The Kier molecular flexibility index (Phi) is 6.43. The molecule has 0 aromatic carbocycles. The van der Waals surface area contributed by atoms with Gasteiger partial charge in [0.15, 0.2) is 0 Å². The number of carbonyl (C=O) groups is 3. The average molecular weight is 184 g/mol. The second-order valence-electron chi connectivity index (χ2n) is 1.63. The first-order valence-electron chi connectivity index (χ1n) is 2.65. The molecular weight excluding hydrogens is 175 g/mol. The standard InChI is InChI=1S/C3H8N6O3.Li.H/c4-1(10)7-9(3(6)12)8-2(5)11;;/h(H2,6,12)(H3,4,7,10)(H3,5,8,11);;. The van der Waals surface area contributed by atoms with E-state index in [4.69, 9.17) is 0 Å². The molecule has 0 unspecified atom stereocenters. The van der Waals surface area contributed by atoms with Crippen molar-refractivity contribution in [3.8, 4) is 0 Å². The molecule has 0 heterocycles. The first-order chi connectivity index (χ1) is 5.43. The van der Waals surface area contributed by atoms with Crippen LogP contribution in [0, 0.1) is 0 Å². The number of carbonyl (C=O) groups excluding carboxylic acids is 3. The van der Waals surface area contributed by atoms with Crippen molar-refractivity contribution in [2.45, 2.75) is 0 Å². The van der Waals surface area contributed by atoms with E-state index in [2.05, 4.69) is 17.2 Å². The number of rotatable bonds is 0. The number of hydrogen-bond acceptors (Lipinski definition) is 3. The monoisotopic (exact) mass is 184 g/mol. The Morgan fingerprint density at radius 1 is 0.923 bits per heavy atom. The van der Waals surface area contributed by atoms with Crippen molar-refractivity contribution in [3.63, 3.8) is 0 Å². The molecule has 0 bridgehead atoms. The van der Waals surface area contributed by atoms with Crippen LogP contribution in [0.5, 0.6) is 0 Å². The SMILES string of the molecule is NC(=O)NN(NC(N)=O)C(N)=O.[LiH]. The molecular formula is C3H9LiN6O3. The van der Waals surface area contributed by atoms with Crippen LogP contribution in [0.25, 0.3) is 0 Å². The van der Waals surface area contributed by atoms with Crippen LogP contribution in [0.4, 0.5) is 14.4 Å². The number of nitrogens with two attached hydrogens (primary N) is 3. The Labute approximate surface area is 85.1 Å². The average Bonchev–Trinajstić information content (AvgIpc) is 1.83. The van der Waals surface area contributed by atoms with E-state index in [1.807, 2.05) is 0 Å². The van der Waals surface area contributed by atoms with Crippen LogP contribution >= 0.6 is 0 Å². The number of primary amides is 3.